The molecule has 0 aliphatic heterocycles. The molecule has 8 heavy (non-hydrogen) atoms. The second kappa shape index (κ2) is 16.4. The van der Waals surface area contributed by atoms with Crippen molar-refractivity contribution in [2.45, 2.75) is 0 Å². The molecule has 0 heterocycles. The van der Waals surface area contributed by atoms with Crippen LogP contribution in [0, 0.1) is 20.2 Å². The van der Waals surface area contributed by atoms with Gasteiger partial charge in [-0.25, -0.2) is 0 Å². The van der Waals surface area contributed by atoms with Gasteiger partial charge in [-0.2, -0.15) is 0 Å². The molecule has 0 unspecified atom stereocenters. The number of hydrogen-bond acceptors (Lipinski definition) is 5. The van der Waals surface area contributed by atoms with Gasteiger partial charge in [-0.3, -0.25) is 0 Å². The van der Waals surface area contributed by atoms with Gasteiger partial charge in [0.15, 0.2) is 0 Å². The SMILES string of the molecule is O=N[O-].O=[N+]([O-])O.[Li+]. The Kier molecular flexibility index (Phi) is 32.1. The summed E-state index contributed by atoms with van der Waals surface area (Å²) in [5.41, 5.74) is 0. The molecular weight excluding hydrogens is 115 g/mol. The molecule has 0 spiro atoms. The van der Waals surface area contributed by atoms with Gasteiger partial charge in [-0.15, -0.1) is 15.5 Å². The van der Waals surface area contributed by atoms with Crippen molar-refractivity contribution in [2.24, 2.45) is 5.34 Å². The summed E-state index contributed by atoms with van der Waals surface area (Å²) in [7, 11) is 0. The fourth-order valence-electron chi connectivity index (χ4n) is 0. The third-order valence-electron chi connectivity index (χ3n) is 0. The number of rotatable bonds is 0. The fourth-order valence-corrected chi connectivity index (χ4v) is 0. The van der Waals surface area contributed by atoms with Gasteiger partial charge in [0.2, 0.25) is 0 Å². The number of hydrogen-bond donors (Lipinski definition) is 1. The van der Waals surface area contributed by atoms with E-state index in [9.17, 15) is 0 Å². The van der Waals surface area contributed by atoms with Crippen molar-refractivity contribution >= 4 is 0 Å². The van der Waals surface area contributed by atoms with Crippen LogP contribution in [-0.2, 0) is 0 Å². The summed E-state index contributed by atoms with van der Waals surface area (Å²) in [5.74, 6) is 0. The van der Waals surface area contributed by atoms with Crippen LogP contribution in [0.5, 0.6) is 0 Å². The fraction of sp³-hybridized carbons (Fsp3) is 0. The molecule has 8 heteroatoms. The summed E-state index contributed by atoms with van der Waals surface area (Å²) >= 11 is 0. The molecule has 0 amide bonds. The molecule has 0 saturated heterocycles. The van der Waals surface area contributed by atoms with Crippen LogP contribution in [0.25, 0.3) is 0 Å². The molecule has 42 valence electrons. The minimum absolute atomic E-state index is 0. The largest absolute Gasteiger partial charge is 1.00 e. The molecule has 0 aromatic carbocycles. The van der Waals surface area contributed by atoms with Crippen LogP contribution >= 0.6 is 0 Å². The standard InChI is InChI=1S/Li.HNO3.HNO2/c;2-1(3)4;2-1-3/h;(H,2,3,4);(H,2,3)/q+1;;/p-1. The van der Waals surface area contributed by atoms with Crippen molar-refractivity contribution in [3.05, 3.63) is 20.2 Å². The Morgan fingerprint density at radius 3 is 1.62 bits per heavy atom. The van der Waals surface area contributed by atoms with Gasteiger partial charge in [-0.1, -0.05) is 0 Å². The second-order valence-electron chi connectivity index (χ2n) is 0.312. The zero-order valence-electron chi connectivity index (χ0n) is 3.97. The monoisotopic (exact) mass is 116 g/mol. The van der Waals surface area contributed by atoms with E-state index >= 15 is 0 Å². The minimum atomic E-state index is -1.50. The normalized spacial score (nSPS) is 4.50. The number of nitrogens with zero attached hydrogens (tertiary/aromatic N) is 2. The molecule has 0 fully saturated rings. The molecule has 0 aliphatic carbocycles. The van der Waals surface area contributed by atoms with Gasteiger partial charge in [0.25, 0.3) is 5.09 Å². The van der Waals surface area contributed by atoms with E-state index in [1.54, 1.807) is 0 Å². The summed E-state index contributed by atoms with van der Waals surface area (Å²) < 4.78 is 0. The Labute approximate surface area is 55.5 Å². The molecule has 0 atom stereocenters. The van der Waals surface area contributed by atoms with E-state index in [4.69, 9.17) is 25.4 Å². The molecule has 0 aromatic rings. The summed E-state index contributed by atoms with van der Waals surface area (Å²) in [4.78, 5) is 16.4. The van der Waals surface area contributed by atoms with Crippen LogP contribution in [0.2, 0.25) is 0 Å². The average Bonchev–Trinajstić information content (AvgIpc) is 1.33. The van der Waals surface area contributed by atoms with Crippen LogP contribution in [-0.4, -0.2) is 10.3 Å². The van der Waals surface area contributed by atoms with Gasteiger partial charge in [0.1, 0.15) is 0 Å². The maximum Gasteiger partial charge on any atom is 1.00 e. The van der Waals surface area contributed by atoms with Crippen molar-refractivity contribution in [2.75, 3.05) is 0 Å². The molecule has 1 N–H and O–H groups in total. The van der Waals surface area contributed by atoms with E-state index in [2.05, 4.69) is 0 Å². The predicted octanol–water partition coefficient (Wildman–Crippen LogP) is -3.09. The quantitative estimate of drug-likeness (QED) is 0.156. The minimum Gasteiger partial charge on any atom is -0.444 e. The molecule has 0 bridgehead atoms. The molecule has 0 aromatic heterocycles. The predicted molar refractivity (Wildman–Crippen MR) is 17.9 cm³/mol. The Morgan fingerprint density at radius 1 is 1.62 bits per heavy atom. The van der Waals surface area contributed by atoms with E-state index in [-0.39, 0.29) is 18.9 Å². The topological polar surface area (TPSA) is 116 Å². The summed E-state index contributed by atoms with van der Waals surface area (Å²) in [6.07, 6.45) is 0. The zero-order valence-corrected chi connectivity index (χ0v) is 3.97. The smallest absolute Gasteiger partial charge is 0.444 e. The third kappa shape index (κ3) is 142. The molecular formula is HLiN2O5. The zero-order chi connectivity index (χ0) is 6.28. The van der Waals surface area contributed by atoms with Gasteiger partial charge in [0.05, 0.1) is 0 Å². The Balaban J connectivity index is -0.0000000575. The van der Waals surface area contributed by atoms with E-state index < -0.39 is 5.09 Å². The molecule has 0 rings (SSSR count). The van der Waals surface area contributed by atoms with Gasteiger partial charge in [-0.05, 0) is 0 Å². The molecule has 0 radical (unpaired) electrons. The van der Waals surface area contributed by atoms with Crippen molar-refractivity contribution in [1.82, 2.24) is 0 Å². The van der Waals surface area contributed by atoms with Crippen LogP contribution in [0.15, 0.2) is 5.34 Å². The van der Waals surface area contributed by atoms with Crippen molar-refractivity contribution in [3.63, 3.8) is 0 Å². The first-order chi connectivity index (χ1) is 3.15. The van der Waals surface area contributed by atoms with Gasteiger partial charge < -0.3 is 15.3 Å². The van der Waals surface area contributed by atoms with Crippen molar-refractivity contribution in [3.8, 4) is 0 Å². The summed E-state index contributed by atoms with van der Waals surface area (Å²) in [5, 5.41) is 22.6. The average molecular weight is 116 g/mol. The molecule has 0 saturated carbocycles. The maximum absolute atomic E-state index is 8.36. The van der Waals surface area contributed by atoms with Crippen molar-refractivity contribution in [1.29, 1.82) is 0 Å². The first kappa shape index (κ1) is 15.7. The maximum atomic E-state index is 8.36. The van der Waals surface area contributed by atoms with Crippen molar-refractivity contribution < 1.29 is 29.2 Å². The van der Waals surface area contributed by atoms with E-state index in [0.29, 0.717) is 0 Å². The van der Waals surface area contributed by atoms with Crippen LogP contribution < -0.4 is 18.9 Å². The Bertz CT molecular complexity index is 57.4. The molecule has 7 nitrogen and oxygen atoms in total. The van der Waals surface area contributed by atoms with Crippen LogP contribution in [0.4, 0.5) is 0 Å². The first-order valence-electron chi connectivity index (χ1n) is 0.930. The van der Waals surface area contributed by atoms with Crippen LogP contribution in [0.1, 0.15) is 0 Å². The van der Waals surface area contributed by atoms with E-state index in [1.165, 1.54) is 0 Å². The van der Waals surface area contributed by atoms with Gasteiger partial charge >= 0.3 is 18.9 Å². The van der Waals surface area contributed by atoms with E-state index in [0.717, 1.165) is 5.34 Å². The summed E-state index contributed by atoms with van der Waals surface area (Å²) in [6, 6.07) is 0. The second-order valence-corrected chi connectivity index (χ2v) is 0.312. The van der Waals surface area contributed by atoms with Crippen LogP contribution in [0.3, 0.4) is 0 Å². The first-order valence-corrected chi connectivity index (χ1v) is 0.930. The van der Waals surface area contributed by atoms with Gasteiger partial charge in [0, 0.05) is 0 Å². The summed E-state index contributed by atoms with van der Waals surface area (Å²) in [6.45, 7) is 0. The third-order valence-corrected chi connectivity index (χ3v) is 0. The molecule has 0 aliphatic rings. The van der Waals surface area contributed by atoms with E-state index in [1.807, 2.05) is 0 Å². The Morgan fingerprint density at radius 2 is 1.62 bits per heavy atom. The Hall–Kier alpha value is -0.803.